The summed E-state index contributed by atoms with van der Waals surface area (Å²) in [7, 11) is 1.31. The molecule has 1 aromatic rings. The number of benzene rings is 1. The van der Waals surface area contributed by atoms with Gasteiger partial charge in [0, 0.05) is 25.6 Å². The molecule has 1 fully saturated rings. The number of methoxy groups -OCH3 is 1. The zero-order valence-electron chi connectivity index (χ0n) is 21.7. The average Bonchev–Trinajstić information content (AvgIpc) is 3.32. The predicted molar refractivity (Wildman–Crippen MR) is 141 cm³/mol. The van der Waals surface area contributed by atoms with Crippen molar-refractivity contribution in [3.8, 4) is 0 Å². The van der Waals surface area contributed by atoms with Gasteiger partial charge in [0.05, 0.1) is 13.7 Å². The second-order valence-corrected chi connectivity index (χ2v) is 10.2. The molecule has 0 unspecified atom stereocenters. The Morgan fingerprint density at radius 1 is 1.22 bits per heavy atom. The first kappa shape index (κ1) is 29.6. The summed E-state index contributed by atoms with van der Waals surface area (Å²) in [6, 6.07) is 8.36. The molecule has 36 heavy (non-hydrogen) atoms. The normalized spacial score (nSPS) is 17.7. The quantitative estimate of drug-likeness (QED) is 0.302. The van der Waals surface area contributed by atoms with Crippen LogP contribution in [-0.4, -0.2) is 78.9 Å². The van der Waals surface area contributed by atoms with Crippen molar-refractivity contribution in [2.75, 3.05) is 32.2 Å². The van der Waals surface area contributed by atoms with E-state index in [1.165, 1.54) is 7.11 Å². The molecular formula is C26H40N4O5S. The molecule has 3 N–H and O–H groups in total. The number of ether oxygens (including phenoxy) is 1. The van der Waals surface area contributed by atoms with E-state index in [2.05, 4.69) is 29.8 Å². The highest BCUT2D eigenvalue weighted by Gasteiger charge is 2.31. The molecule has 0 bridgehead atoms. The van der Waals surface area contributed by atoms with Crippen molar-refractivity contribution in [2.45, 2.75) is 64.2 Å². The van der Waals surface area contributed by atoms with E-state index in [-0.39, 0.29) is 36.2 Å². The lowest BCUT2D eigenvalue weighted by molar-refractivity contribution is -0.145. The van der Waals surface area contributed by atoms with Crippen molar-refractivity contribution in [3.63, 3.8) is 0 Å². The summed E-state index contributed by atoms with van der Waals surface area (Å²) in [6.45, 7) is 5.13. The van der Waals surface area contributed by atoms with Gasteiger partial charge in [-0.1, -0.05) is 50.6 Å². The highest BCUT2D eigenvalue weighted by molar-refractivity contribution is 7.98. The van der Waals surface area contributed by atoms with Crippen molar-refractivity contribution in [3.05, 3.63) is 35.9 Å². The molecule has 0 aromatic heterocycles. The van der Waals surface area contributed by atoms with Crippen LogP contribution < -0.4 is 16.0 Å². The van der Waals surface area contributed by atoms with Crippen LogP contribution in [0.3, 0.4) is 0 Å². The topological polar surface area (TPSA) is 117 Å². The zero-order chi connectivity index (χ0) is 26.5. The number of rotatable bonds is 15. The highest BCUT2D eigenvalue weighted by Crippen LogP contribution is 2.14. The van der Waals surface area contributed by atoms with Gasteiger partial charge in [-0.15, -0.1) is 0 Å². The van der Waals surface area contributed by atoms with Gasteiger partial charge in [0.25, 0.3) is 0 Å². The maximum absolute atomic E-state index is 13.0. The van der Waals surface area contributed by atoms with Gasteiger partial charge in [-0.2, -0.15) is 11.8 Å². The van der Waals surface area contributed by atoms with E-state index in [0.29, 0.717) is 38.1 Å². The molecular weight excluding hydrogens is 480 g/mol. The largest absolute Gasteiger partial charge is 0.467 e. The number of hydrogen-bond donors (Lipinski definition) is 3. The maximum Gasteiger partial charge on any atom is 0.328 e. The number of hydrogen-bond acceptors (Lipinski definition) is 7. The monoisotopic (exact) mass is 520 g/mol. The summed E-state index contributed by atoms with van der Waals surface area (Å²) in [5, 5.41) is 8.66. The number of amides is 3. The molecule has 1 heterocycles. The molecule has 0 radical (unpaired) electrons. The lowest BCUT2D eigenvalue weighted by Crippen LogP contribution is -2.53. The van der Waals surface area contributed by atoms with Gasteiger partial charge in [-0.3, -0.25) is 19.3 Å². The minimum Gasteiger partial charge on any atom is -0.467 e. The second kappa shape index (κ2) is 15.5. The molecule has 1 aromatic carbocycles. The van der Waals surface area contributed by atoms with Crippen molar-refractivity contribution < 1.29 is 23.9 Å². The molecule has 0 saturated carbocycles. The Balaban J connectivity index is 2.15. The van der Waals surface area contributed by atoms with Gasteiger partial charge in [0.15, 0.2) is 0 Å². The van der Waals surface area contributed by atoms with Crippen molar-refractivity contribution in [2.24, 2.45) is 5.92 Å². The van der Waals surface area contributed by atoms with E-state index < -0.39 is 18.1 Å². The van der Waals surface area contributed by atoms with Crippen LogP contribution in [0.15, 0.2) is 30.3 Å². The van der Waals surface area contributed by atoms with Crippen molar-refractivity contribution >= 4 is 35.5 Å². The van der Waals surface area contributed by atoms with Gasteiger partial charge < -0.3 is 20.7 Å². The number of nitrogens with one attached hydrogen (secondary N) is 3. The Hall–Kier alpha value is -2.59. The average molecular weight is 521 g/mol. The number of nitrogens with zero attached hydrogens (tertiary/aromatic N) is 1. The fourth-order valence-electron chi connectivity index (χ4n) is 4.12. The van der Waals surface area contributed by atoms with Gasteiger partial charge in [-0.05, 0) is 36.3 Å². The molecule has 0 aliphatic carbocycles. The number of carbonyl (C=O) groups is 4. The third kappa shape index (κ3) is 9.81. The Bertz CT molecular complexity index is 869. The van der Waals surface area contributed by atoms with E-state index in [9.17, 15) is 19.2 Å². The minimum atomic E-state index is -0.704. The van der Waals surface area contributed by atoms with E-state index in [0.717, 1.165) is 12.0 Å². The fraction of sp³-hybridized carbons (Fsp3) is 0.615. The Morgan fingerprint density at radius 3 is 2.53 bits per heavy atom. The Kier molecular flexibility index (Phi) is 12.8. The molecule has 0 spiro atoms. The van der Waals surface area contributed by atoms with Gasteiger partial charge in [-0.25, -0.2) is 4.79 Å². The Labute approximate surface area is 218 Å². The first-order valence-corrected chi connectivity index (χ1v) is 13.9. The van der Waals surface area contributed by atoms with Gasteiger partial charge in [0.1, 0.15) is 12.1 Å². The van der Waals surface area contributed by atoms with Crippen LogP contribution in [0.5, 0.6) is 0 Å². The minimum absolute atomic E-state index is 0.0601. The third-order valence-corrected chi connectivity index (χ3v) is 7.12. The molecule has 2 rings (SSSR count). The molecule has 1 aliphatic heterocycles. The molecule has 3 amide bonds. The van der Waals surface area contributed by atoms with Crippen molar-refractivity contribution in [1.82, 2.24) is 20.9 Å². The lowest BCUT2D eigenvalue weighted by Gasteiger charge is -2.32. The lowest BCUT2D eigenvalue weighted by atomic mass is 9.97. The van der Waals surface area contributed by atoms with Crippen LogP contribution in [0.1, 0.15) is 45.1 Å². The van der Waals surface area contributed by atoms with E-state index in [4.69, 9.17) is 4.74 Å². The van der Waals surface area contributed by atoms with E-state index in [1.54, 1.807) is 11.8 Å². The standard InChI is InChI=1S/C26H40N4O5S/c1-5-18(2)22(29-25(33)20-11-12-23(31)27-20)16-30(15-19-9-7-6-8-10-19)17-24(32)28-21(13-14-36-4)26(34)35-3/h6-10,18,20-22H,5,11-17H2,1-4H3,(H,27,31)(H,28,32)(H,29,33)/t18-,20-,21-,22+/m0/s1. The first-order chi connectivity index (χ1) is 17.3. The SMILES string of the molecule is CC[C@H](C)[C@@H](CN(CC(=O)N[C@@H](CCSC)C(=O)OC)Cc1ccccc1)NC(=O)[C@@H]1CCC(=O)N1. The number of carbonyl (C=O) groups excluding carboxylic acids is 4. The van der Waals surface area contributed by atoms with Crippen LogP contribution in [0.4, 0.5) is 0 Å². The van der Waals surface area contributed by atoms with Crippen LogP contribution in [0.25, 0.3) is 0 Å². The van der Waals surface area contributed by atoms with E-state index in [1.807, 2.05) is 41.5 Å². The summed E-state index contributed by atoms with van der Waals surface area (Å²) in [5.74, 6) is -0.183. The summed E-state index contributed by atoms with van der Waals surface area (Å²) >= 11 is 1.59. The van der Waals surface area contributed by atoms with Crippen molar-refractivity contribution in [1.29, 1.82) is 0 Å². The smallest absolute Gasteiger partial charge is 0.328 e. The summed E-state index contributed by atoms with van der Waals surface area (Å²) < 4.78 is 4.87. The molecule has 9 nitrogen and oxygen atoms in total. The fourth-order valence-corrected chi connectivity index (χ4v) is 4.59. The molecule has 200 valence electrons. The van der Waals surface area contributed by atoms with Crippen LogP contribution in [-0.2, 0) is 30.5 Å². The van der Waals surface area contributed by atoms with Crippen LogP contribution in [0.2, 0.25) is 0 Å². The zero-order valence-corrected chi connectivity index (χ0v) is 22.6. The first-order valence-electron chi connectivity index (χ1n) is 12.5. The summed E-state index contributed by atoms with van der Waals surface area (Å²) in [4.78, 5) is 51.6. The maximum atomic E-state index is 13.0. The molecule has 1 saturated heterocycles. The molecule has 4 atom stereocenters. The predicted octanol–water partition coefficient (Wildman–Crippen LogP) is 1.71. The highest BCUT2D eigenvalue weighted by atomic mass is 32.2. The van der Waals surface area contributed by atoms with Gasteiger partial charge >= 0.3 is 5.97 Å². The van der Waals surface area contributed by atoms with Gasteiger partial charge in [0.2, 0.25) is 17.7 Å². The summed E-state index contributed by atoms with van der Waals surface area (Å²) in [6.07, 6.45) is 4.10. The number of esters is 1. The molecule has 10 heteroatoms. The second-order valence-electron chi connectivity index (χ2n) is 9.24. The summed E-state index contributed by atoms with van der Waals surface area (Å²) in [5.41, 5.74) is 1.04. The van der Waals surface area contributed by atoms with Crippen LogP contribution >= 0.6 is 11.8 Å². The number of thioether (sulfide) groups is 1. The Morgan fingerprint density at radius 2 is 1.94 bits per heavy atom. The van der Waals surface area contributed by atoms with E-state index >= 15 is 0 Å². The molecule has 1 aliphatic rings. The third-order valence-electron chi connectivity index (χ3n) is 6.47. The van der Waals surface area contributed by atoms with Crippen LogP contribution in [0, 0.1) is 5.92 Å².